The number of aromatic nitrogens is 4. The summed E-state index contributed by atoms with van der Waals surface area (Å²) in [5, 5.41) is 7.38. The van der Waals surface area contributed by atoms with Crippen LogP contribution in [0.4, 0.5) is 9.59 Å². The lowest BCUT2D eigenvalue weighted by Crippen LogP contribution is -2.57. The van der Waals surface area contributed by atoms with Gasteiger partial charge in [0.25, 0.3) is 0 Å². The first kappa shape index (κ1) is 39.2. The Hall–Kier alpha value is -6.00. The number of hydrogen-bond donors (Lipinski definition) is 4. The van der Waals surface area contributed by atoms with Crippen LogP contribution in [0.3, 0.4) is 0 Å². The van der Waals surface area contributed by atoms with Crippen LogP contribution < -0.4 is 10.6 Å². The number of imidazole rings is 2. The minimum absolute atomic E-state index is 0.146. The number of nitrogens with one attached hydrogen (secondary N) is 4. The number of fused-ring (bicyclic) bond motifs is 2. The number of nitrogens with zero attached hydrogens (tertiary/aromatic N) is 4. The third-order valence-corrected chi connectivity index (χ3v) is 10.9. The van der Waals surface area contributed by atoms with E-state index < -0.39 is 36.4 Å². The molecule has 300 valence electrons. The van der Waals surface area contributed by atoms with Gasteiger partial charge in [-0.25, -0.2) is 19.6 Å². The Morgan fingerprint density at radius 2 is 1.53 bits per heavy atom. The number of amides is 4. The van der Waals surface area contributed by atoms with Crippen molar-refractivity contribution >= 4 is 45.8 Å². The van der Waals surface area contributed by atoms with Crippen molar-refractivity contribution in [1.29, 1.82) is 0 Å². The van der Waals surface area contributed by atoms with Crippen LogP contribution in [0.25, 0.3) is 44.2 Å². The molecule has 0 radical (unpaired) electrons. The molecular formula is C41H48N8O8. The predicted molar refractivity (Wildman–Crippen MR) is 211 cm³/mol. The predicted octanol–water partition coefficient (Wildman–Crippen LogP) is 5.23. The number of ether oxygens (including phenoxy) is 4. The number of methoxy groups -OCH3 is 3. The number of alkyl carbamates (subject to hydrolysis) is 2. The summed E-state index contributed by atoms with van der Waals surface area (Å²) in [6, 6.07) is 16.2. The standard InChI is InChI=1S/C41H48N8O8/c1-6-29(46-40(52)55-4)38(50)48-15-7-8-33(48)36-42-21-32(45-36)28-12-11-24-18-25(9-10-26(24)19-28)27-13-14-30-31(20-27)44-37(43-30)34-22-57-17-16-49(34)39(51)35(23(2)54-3)47-41(53)56-5/h9-14,18-21,23,29,33-35H,6-8,15-17,22H2,1-5H3,(H,42,45)(H,43,44)(H,46,52)(H,47,53)/t23?,29-,33-,34?,35?/m0/s1. The molecule has 3 unspecified atom stereocenters. The zero-order valence-corrected chi connectivity index (χ0v) is 32.7. The summed E-state index contributed by atoms with van der Waals surface area (Å²) in [7, 11) is 4.01. The average molecular weight is 781 g/mol. The lowest BCUT2D eigenvalue weighted by atomic mass is 9.99. The van der Waals surface area contributed by atoms with Gasteiger partial charge in [-0.3, -0.25) is 9.59 Å². The lowest BCUT2D eigenvalue weighted by molar-refractivity contribution is -0.145. The summed E-state index contributed by atoms with van der Waals surface area (Å²) in [6.45, 7) is 5.07. The van der Waals surface area contributed by atoms with Crippen molar-refractivity contribution in [2.24, 2.45) is 0 Å². The van der Waals surface area contributed by atoms with Gasteiger partial charge in [-0.15, -0.1) is 0 Å². The molecular weight excluding hydrogens is 732 g/mol. The molecule has 5 atom stereocenters. The van der Waals surface area contributed by atoms with E-state index in [0.717, 1.165) is 57.0 Å². The van der Waals surface area contributed by atoms with Crippen LogP contribution in [0.1, 0.15) is 56.8 Å². The van der Waals surface area contributed by atoms with E-state index in [9.17, 15) is 19.2 Å². The van der Waals surface area contributed by atoms with Gasteiger partial charge in [-0.05, 0) is 72.4 Å². The minimum atomic E-state index is -0.960. The molecule has 16 nitrogen and oxygen atoms in total. The maximum absolute atomic E-state index is 13.8. The van der Waals surface area contributed by atoms with E-state index in [0.29, 0.717) is 37.8 Å². The number of rotatable bonds is 11. The van der Waals surface area contributed by atoms with E-state index in [1.165, 1.54) is 21.3 Å². The summed E-state index contributed by atoms with van der Waals surface area (Å²) in [4.78, 5) is 71.0. The quantitative estimate of drug-likeness (QED) is 0.138. The molecule has 0 saturated carbocycles. The Morgan fingerprint density at radius 1 is 0.842 bits per heavy atom. The molecule has 4 N–H and O–H groups in total. The zero-order chi connectivity index (χ0) is 40.2. The normalized spacial score (nSPS) is 18.6. The lowest BCUT2D eigenvalue weighted by Gasteiger charge is -2.37. The van der Waals surface area contributed by atoms with E-state index in [2.05, 4.69) is 62.0 Å². The second-order valence-electron chi connectivity index (χ2n) is 14.3. The molecule has 7 rings (SSSR count). The third-order valence-electron chi connectivity index (χ3n) is 10.9. The maximum atomic E-state index is 13.8. The largest absolute Gasteiger partial charge is 0.453 e. The summed E-state index contributed by atoms with van der Waals surface area (Å²) in [6.07, 6.45) is 1.92. The van der Waals surface area contributed by atoms with E-state index in [4.69, 9.17) is 23.9 Å². The van der Waals surface area contributed by atoms with Gasteiger partial charge in [0, 0.05) is 25.8 Å². The van der Waals surface area contributed by atoms with Crippen molar-refractivity contribution in [3.63, 3.8) is 0 Å². The van der Waals surface area contributed by atoms with Gasteiger partial charge in [0.15, 0.2) is 0 Å². The van der Waals surface area contributed by atoms with Gasteiger partial charge in [0.1, 0.15) is 29.8 Å². The first-order chi connectivity index (χ1) is 27.6. The molecule has 2 aliphatic rings. The fraction of sp³-hybridized carbons (Fsp3) is 0.415. The van der Waals surface area contributed by atoms with Crippen LogP contribution in [-0.2, 0) is 28.5 Å². The molecule has 4 heterocycles. The molecule has 2 saturated heterocycles. The number of H-pyrrole nitrogens is 2. The zero-order valence-electron chi connectivity index (χ0n) is 32.7. The number of likely N-dealkylation sites (tertiary alicyclic amines) is 1. The highest BCUT2D eigenvalue weighted by Gasteiger charge is 2.38. The van der Waals surface area contributed by atoms with Crippen LogP contribution in [0.2, 0.25) is 0 Å². The van der Waals surface area contributed by atoms with Gasteiger partial charge < -0.3 is 49.3 Å². The first-order valence-electron chi connectivity index (χ1n) is 19.1. The molecule has 0 spiro atoms. The van der Waals surface area contributed by atoms with Gasteiger partial charge in [-0.2, -0.15) is 0 Å². The van der Waals surface area contributed by atoms with Crippen molar-refractivity contribution in [3.8, 4) is 22.4 Å². The van der Waals surface area contributed by atoms with Crippen molar-refractivity contribution in [2.75, 3.05) is 47.6 Å². The van der Waals surface area contributed by atoms with E-state index >= 15 is 0 Å². The van der Waals surface area contributed by atoms with Gasteiger partial charge in [0.05, 0.1) is 62.5 Å². The monoisotopic (exact) mass is 780 g/mol. The molecule has 5 aromatic rings. The molecule has 0 bridgehead atoms. The molecule has 4 amide bonds. The SMILES string of the molecule is CC[C@H](NC(=O)OC)C(=O)N1CCC[C@H]1c1ncc(-c2ccc3cc(-c4ccc5nc(C6COCCN6C(=O)C(NC(=O)OC)C(C)OC)[nH]c5c4)ccc3c2)[nH]1. The van der Waals surface area contributed by atoms with Crippen molar-refractivity contribution < 1.29 is 38.1 Å². The highest BCUT2D eigenvalue weighted by Crippen LogP contribution is 2.34. The smallest absolute Gasteiger partial charge is 0.407 e. The van der Waals surface area contributed by atoms with E-state index in [-0.39, 0.29) is 24.5 Å². The van der Waals surface area contributed by atoms with Gasteiger partial charge in [0.2, 0.25) is 11.8 Å². The maximum Gasteiger partial charge on any atom is 0.407 e. The van der Waals surface area contributed by atoms with Crippen LogP contribution in [0.5, 0.6) is 0 Å². The van der Waals surface area contributed by atoms with Crippen molar-refractivity contribution in [3.05, 3.63) is 72.4 Å². The van der Waals surface area contributed by atoms with Crippen molar-refractivity contribution in [1.82, 2.24) is 40.4 Å². The van der Waals surface area contributed by atoms with Crippen LogP contribution in [-0.4, -0.2) is 120 Å². The topological polar surface area (TPSA) is 193 Å². The second-order valence-corrected chi connectivity index (χ2v) is 14.3. The molecule has 57 heavy (non-hydrogen) atoms. The highest BCUT2D eigenvalue weighted by molar-refractivity contribution is 5.92. The summed E-state index contributed by atoms with van der Waals surface area (Å²) >= 11 is 0. The van der Waals surface area contributed by atoms with Crippen LogP contribution in [0, 0.1) is 0 Å². The Bertz CT molecular complexity index is 2270. The first-order valence-corrected chi connectivity index (χ1v) is 19.1. The average Bonchev–Trinajstić information content (AvgIpc) is 4.03. The highest BCUT2D eigenvalue weighted by atomic mass is 16.5. The Balaban J connectivity index is 1.08. The van der Waals surface area contributed by atoms with E-state index in [1.807, 2.05) is 25.1 Å². The number of hydrogen-bond acceptors (Lipinski definition) is 10. The fourth-order valence-electron chi connectivity index (χ4n) is 7.64. The number of benzene rings is 3. The molecule has 2 aromatic heterocycles. The van der Waals surface area contributed by atoms with Crippen LogP contribution in [0.15, 0.2) is 60.8 Å². The molecule has 2 fully saturated rings. The van der Waals surface area contributed by atoms with E-state index in [1.54, 1.807) is 22.9 Å². The minimum Gasteiger partial charge on any atom is -0.453 e. The number of aromatic amines is 2. The van der Waals surface area contributed by atoms with Gasteiger partial charge >= 0.3 is 12.2 Å². The van der Waals surface area contributed by atoms with Crippen molar-refractivity contribution in [2.45, 2.75) is 63.4 Å². The Labute approximate surface area is 329 Å². The molecule has 3 aromatic carbocycles. The molecule has 16 heteroatoms. The molecule has 2 aliphatic heterocycles. The number of carbonyl (C=O) groups is 4. The second kappa shape index (κ2) is 17.0. The fourth-order valence-corrected chi connectivity index (χ4v) is 7.64. The van der Waals surface area contributed by atoms with Gasteiger partial charge in [-0.1, -0.05) is 37.3 Å². The number of morpholine rings is 1. The van der Waals surface area contributed by atoms with Crippen LogP contribution >= 0.6 is 0 Å². The Kier molecular flexibility index (Phi) is 11.7. The Morgan fingerprint density at radius 3 is 2.26 bits per heavy atom. The third kappa shape index (κ3) is 8.14. The molecule has 0 aliphatic carbocycles. The summed E-state index contributed by atoms with van der Waals surface area (Å²) in [5.74, 6) is 0.831. The summed E-state index contributed by atoms with van der Waals surface area (Å²) in [5.41, 5.74) is 5.40. The summed E-state index contributed by atoms with van der Waals surface area (Å²) < 4.78 is 20.7. The number of carbonyl (C=O) groups excluding carboxylic acids is 4.